The van der Waals surface area contributed by atoms with Crippen LogP contribution in [0.2, 0.25) is 5.02 Å². The number of fused-ring (bicyclic) bond motifs is 1. The molecule has 0 radical (unpaired) electrons. The molecule has 1 N–H and O–H groups in total. The summed E-state index contributed by atoms with van der Waals surface area (Å²) in [6.45, 7) is 0.298. The normalized spacial score (nSPS) is 29.5. The molecule has 21 heavy (non-hydrogen) atoms. The number of rotatable bonds is 3. The van der Waals surface area contributed by atoms with Gasteiger partial charge < -0.3 is 5.11 Å². The Morgan fingerprint density at radius 3 is 2.52 bits per heavy atom. The van der Waals surface area contributed by atoms with Gasteiger partial charge in [0.05, 0.1) is 4.90 Å². The third kappa shape index (κ3) is 2.45. The summed E-state index contributed by atoms with van der Waals surface area (Å²) in [6, 6.07) is 4.90. The van der Waals surface area contributed by atoms with Crippen molar-refractivity contribution in [2.75, 3.05) is 6.54 Å². The molecule has 3 rings (SSSR count). The van der Waals surface area contributed by atoms with Crippen LogP contribution in [-0.4, -0.2) is 36.4 Å². The van der Waals surface area contributed by atoms with Crippen molar-refractivity contribution in [3.8, 4) is 0 Å². The zero-order valence-corrected chi connectivity index (χ0v) is 12.8. The zero-order valence-electron chi connectivity index (χ0n) is 11.3. The molecule has 5 nitrogen and oxygen atoms in total. The number of hydrogen-bond acceptors (Lipinski definition) is 3. The van der Waals surface area contributed by atoms with Crippen LogP contribution >= 0.6 is 11.6 Å². The second kappa shape index (κ2) is 5.26. The van der Waals surface area contributed by atoms with Crippen LogP contribution in [0, 0.1) is 11.8 Å². The Kier molecular flexibility index (Phi) is 3.71. The van der Waals surface area contributed by atoms with Crippen LogP contribution in [0.1, 0.15) is 19.3 Å². The Bertz CT molecular complexity index is 658. The van der Waals surface area contributed by atoms with Gasteiger partial charge in [-0.2, -0.15) is 4.31 Å². The fourth-order valence-electron chi connectivity index (χ4n) is 3.56. The Morgan fingerprint density at radius 1 is 1.24 bits per heavy atom. The maximum atomic E-state index is 12.7. The molecule has 0 amide bonds. The maximum Gasteiger partial charge on any atom is 0.322 e. The van der Waals surface area contributed by atoms with Crippen molar-refractivity contribution >= 4 is 27.6 Å². The van der Waals surface area contributed by atoms with Crippen LogP contribution in [0.15, 0.2) is 29.2 Å². The van der Waals surface area contributed by atoms with Crippen LogP contribution in [0.4, 0.5) is 0 Å². The number of carboxylic acid groups (broad SMARTS) is 1. The van der Waals surface area contributed by atoms with E-state index in [1.165, 1.54) is 24.3 Å². The van der Waals surface area contributed by atoms with Crippen molar-refractivity contribution in [2.45, 2.75) is 30.2 Å². The van der Waals surface area contributed by atoms with E-state index in [0.717, 1.165) is 23.6 Å². The van der Waals surface area contributed by atoms with E-state index in [9.17, 15) is 18.3 Å². The first-order chi connectivity index (χ1) is 9.91. The Morgan fingerprint density at radius 2 is 1.90 bits per heavy atom. The maximum absolute atomic E-state index is 12.7. The topological polar surface area (TPSA) is 74.7 Å². The van der Waals surface area contributed by atoms with Gasteiger partial charge in [0, 0.05) is 11.6 Å². The standard InChI is InChI=1S/C14H16ClNO4S/c15-10-4-6-11(7-5-10)21(19,20)16-8-9-2-1-3-12(9)13(16)14(17)18/h4-7,9,12-13H,1-3,8H2,(H,17,18). The molecule has 3 unspecified atom stereocenters. The van der Waals surface area contributed by atoms with Gasteiger partial charge in [0.25, 0.3) is 0 Å². The molecular weight excluding hydrogens is 314 g/mol. The summed E-state index contributed by atoms with van der Waals surface area (Å²) in [7, 11) is -3.80. The predicted octanol–water partition coefficient (Wildman–Crippen LogP) is 2.21. The molecule has 3 atom stereocenters. The molecule has 7 heteroatoms. The fraction of sp³-hybridized carbons (Fsp3) is 0.500. The summed E-state index contributed by atoms with van der Waals surface area (Å²) < 4.78 is 26.6. The average Bonchev–Trinajstić information content (AvgIpc) is 2.98. The van der Waals surface area contributed by atoms with Crippen LogP contribution in [0.25, 0.3) is 0 Å². The van der Waals surface area contributed by atoms with E-state index in [0.29, 0.717) is 11.6 Å². The molecule has 114 valence electrons. The first-order valence-electron chi connectivity index (χ1n) is 6.91. The van der Waals surface area contributed by atoms with E-state index < -0.39 is 22.0 Å². The van der Waals surface area contributed by atoms with Crippen molar-refractivity contribution < 1.29 is 18.3 Å². The summed E-state index contributed by atoms with van der Waals surface area (Å²) >= 11 is 5.78. The van der Waals surface area contributed by atoms with E-state index in [4.69, 9.17) is 11.6 Å². The Labute approximate surface area is 128 Å². The first-order valence-corrected chi connectivity index (χ1v) is 8.73. The lowest BCUT2D eigenvalue weighted by Crippen LogP contribution is -2.43. The molecule has 0 bridgehead atoms. The predicted molar refractivity (Wildman–Crippen MR) is 77.6 cm³/mol. The highest BCUT2D eigenvalue weighted by Crippen LogP contribution is 2.44. The van der Waals surface area contributed by atoms with Gasteiger partial charge in [-0.05, 0) is 48.9 Å². The molecule has 1 heterocycles. The van der Waals surface area contributed by atoms with Crippen LogP contribution in [0.5, 0.6) is 0 Å². The number of sulfonamides is 1. The van der Waals surface area contributed by atoms with Gasteiger partial charge in [0.2, 0.25) is 10.0 Å². The molecule has 1 saturated carbocycles. The molecule has 1 aliphatic carbocycles. The van der Waals surface area contributed by atoms with Gasteiger partial charge in [-0.25, -0.2) is 8.42 Å². The van der Waals surface area contributed by atoms with Crippen LogP contribution in [0.3, 0.4) is 0 Å². The van der Waals surface area contributed by atoms with Crippen LogP contribution < -0.4 is 0 Å². The largest absolute Gasteiger partial charge is 0.480 e. The van der Waals surface area contributed by atoms with Crippen molar-refractivity contribution in [1.29, 1.82) is 0 Å². The number of carbonyl (C=O) groups is 1. The summed E-state index contributed by atoms with van der Waals surface area (Å²) in [5.41, 5.74) is 0. The highest BCUT2D eigenvalue weighted by atomic mass is 35.5. The molecule has 1 saturated heterocycles. The molecule has 2 aliphatic rings. The van der Waals surface area contributed by atoms with Gasteiger partial charge in [0.1, 0.15) is 6.04 Å². The van der Waals surface area contributed by atoms with Gasteiger partial charge >= 0.3 is 5.97 Å². The van der Waals surface area contributed by atoms with Crippen molar-refractivity contribution in [1.82, 2.24) is 4.31 Å². The van der Waals surface area contributed by atoms with E-state index in [-0.39, 0.29) is 16.7 Å². The Hall–Kier alpha value is -1.11. The van der Waals surface area contributed by atoms with E-state index in [1.807, 2.05) is 0 Å². The monoisotopic (exact) mass is 329 g/mol. The lowest BCUT2D eigenvalue weighted by molar-refractivity contribution is -0.142. The summed E-state index contributed by atoms with van der Waals surface area (Å²) in [5, 5.41) is 9.90. The summed E-state index contributed by atoms with van der Waals surface area (Å²) in [6.07, 6.45) is 2.67. The fourth-order valence-corrected chi connectivity index (χ4v) is 5.37. The van der Waals surface area contributed by atoms with Crippen LogP contribution in [-0.2, 0) is 14.8 Å². The molecule has 1 aliphatic heterocycles. The SMILES string of the molecule is O=C(O)C1C2CCCC2CN1S(=O)(=O)c1ccc(Cl)cc1. The summed E-state index contributed by atoms with van der Waals surface area (Å²) in [4.78, 5) is 11.7. The zero-order chi connectivity index (χ0) is 15.2. The van der Waals surface area contributed by atoms with E-state index >= 15 is 0 Å². The smallest absolute Gasteiger partial charge is 0.322 e. The number of aliphatic carboxylic acids is 1. The Balaban J connectivity index is 1.98. The molecule has 0 aromatic heterocycles. The second-order valence-corrected chi connectivity index (χ2v) is 7.99. The lowest BCUT2D eigenvalue weighted by Gasteiger charge is -2.23. The molecule has 2 fully saturated rings. The minimum absolute atomic E-state index is 0.0652. The van der Waals surface area contributed by atoms with Gasteiger partial charge in [-0.3, -0.25) is 4.79 Å². The second-order valence-electron chi connectivity index (χ2n) is 5.67. The van der Waals surface area contributed by atoms with Crippen molar-refractivity contribution in [3.63, 3.8) is 0 Å². The number of halogens is 1. The molecule has 1 aromatic rings. The minimum atomic E-state index is -3.80. The van der Waals surface area contributed by atoms with Crippen molar-refractivity contribution in [2.24, 2.45) is 11.8 Å². The van der Waals surface area contributed by atoms with E-state index in [1.54, 1.807) is 0 Å². The highest BCUT2D eigenvalue weighted by molar-refractivity contribution is 7.89. The third-order valence-electron chi connectivity index (χ3n) is 4.52. The number of carboxylic acids is 1. The first kappa shape index (κ1) is 14.8. The third-order valence-corrected chi connectivity index (χ3v) is 6.63. The lowest BCUT2D eigenvalue weighted by atomic mass is 9.94. The molecule has 0 spiro atoms. The van der Waals surface area contributed by atoms with Gasteiger partial charge in [-0.15, -0.1) is 0 Å². The average molecular weight is 330 g/mol. The molecule has 1 aromatic carbocycles. The minimum Gasteiger partial charge on any atom is -0.480 e. The highest BCUT2D eigenvalue weighted by Gasteiger charge is 2.52. The number of nitrogens with zero attached hydrogens (tertiary/aromatic N) is 1. The number of hydrogen-bond donors (Lipinski definition) is 1. The van der Waals surface area contributed by atoms with E-state index in [2.05, 4.69) is 0 Å². The quantitative estimate of drug-likeness (QED) is 0.922. The molecular formula is C14H16ClNO4S. The van der Waals surface area contributed by atoms with Crippen molar-refractivity contribution in [3.05, 3.63) is 29.3 Å². The van der Waals surface area contributed by atoms with Gasteiger partial charge in [-0.1, -0.05) is 18.0 Å². The number of benzene rings is 1. The van der Waals surface area contributed by atoms with Gasteiger partial charge in [0.15, 0.2) is 0 Å². The summed E-state index contributed by atoms with van der Waals surface area (Å²) in [5.74, 6) is -0.959.